The van der Waals surface area contributed by atoms with Gasteiger partial charge in [0.15, 0.2) is 0 Å². The average Bonchev–Trinajstić information content (AvgIpc) is 2.33. The Bertz CT molecular complexity index is 301. The van der Waals surface area contributed by atoms with Crippen LogP contribution in [0.4, 0.5) is 0 Å². The lowest BCUT2D eigenvalue weighted by atomic mass is 10.4. The van der Waals surface area contributed by atoms with E-state index in [1.54, 1.807) is 0 Å². The van der Waals surface area contributed by atoms with Crippen LogP contribution in [-0.2, 0) is 4.33 Å². The third-order valence-corrected chi connectivity index (χ3v) is 3.51. The van der Waals surface area contributed by atoms with Gasteiger partial charge in [0, 0.05) is 0 Å². The van der Waals surface area contributed by atoms with Crippen LogP contribution in [0, 0.1) is 0 Å². The lowest BCUT2D eigenvalue weighted by Crippen LogP contribution is -2.29. The molecule has 0 fully saturated rings. The Morgan fingerprint density at radius 2 is 1.62 bits per heavy atom. The SMILES string of the molecule is Cln1nnc(C(Cl)(Cl)C(Cl)(Cl)Cl)n1. The number of nitrogens with zero attached hydrogens (tertiary/aromatic N) is 4. The van der Waals surface area contributed by atoms with Crippen molar-refractivity contribution in [2.45, 2.75) is 8.13 Å². The first-order valence-corrected chi connectivity index (χ1v) is 4.89. The summed E-state index contributed by atoms with van der Waals surface area (Å²) in [5.74, 6) is -0.189. The minimum absolute atomic E-state index is 0.189. The van der Waals surface area contributed by atoms with Crippen LogP contribution in [-0.4, -0.2) is 23.5 Å². The van der Waals surface area contributed by atoms with Gasteiger partial charge in [-0.05, 0) is 5.21 Å². The molecule has 10 heteroatoms. The smallest absolute Gasteiger partial charge is 0.116 e. The first-order valence-electron chi connectivity index (χ1n) is 2.66. The van der Waals surface area contributed by atoms with Gasteiger partial charge in [0.25, 0.3) is 0 Å². The molecule has 0 saturated heterocycles. The van der Waals surface area contributed by atoms with Gasteiger partial charge in [0.1, 0.15) is 0 Å². The van der Waals surface area contributed by atoms with Crippen molar-refractivity contribution in [3.8, 4) is 0 Å². The lowest BCUT2D eigenvalue weighted by molar-refractivity contribution is 0.779. The predicted octanol–water partition coefficient (Wildman–Crippen LogP) is 2.68. The first kappa shape index (κ1) is 11.9. The quantitative estimate of drug-likeness (QED) is 0.749. The third-order valence-electron chi connectivity index (χ3n) is 1.03. The molecular formula is C3Cl6N4. The second-order valence-corrected chi connectivity index (χ2v) is 5.84. The molecule has 0 aliphatic heterocycles. The molecule has 1 rings (SSSR count). The summed E-state index contributed by atoms with van der Waals surface area (Å²) in [6.45, 7) is 0. The molecule has 1 heterocycles. The van der Waals surface area contributed by atoms with Crippen LogP contribution < -0.4 is 0 Å². The molecule has 0 N–H and O–H groups in total. The Morgan fingerprint density at radius 1 is 1.08 bits per heavy atom. The van der Waals surface area contributed by atoms with Gasteiger partial charge in [0.05, 0.1) is 11.8 Å². The molecule has 1 aromatic heterocycles. The Kier molecular flexibility index (Phi) is 3.43. The van der Waals surface area contributed by atoms with E-state index in [2.05, 4.69) is 15.4 Å². The van der Waals surface area contributed by atoms with Crippen molar-refractivity contribution in [2.75, 3.05) is 0 Å². The number of halogens is 6. The van der Waals surface area contributed by atoms with Crippen molar-refractivity contribution in [1.29, 1.82) is 0 Å². The summed E-state index contributed by atoms with van der Waals surface area (Å²) in [6, 6.07) is 0. The highest BCUT2D eigenvalue weighted by molar-refractivity contribution is 6.75. The van der Waals surface area contributed by atoms with E-state index in [4.69, 9.17) is 69.8 Å². The number of rotatable bonds is 1. The Balaban J connectivity index is 3.07. The predicted molar refractivity (Wildman–Crippen MR) is 52.7 cm³/mol. The fraction of sp³-hybridized carbons (Fsp3) is 0.667. The zero-order chi connectivity index (χ0) is 10.3. The number of aromatic nitrogens is 4. The number of alkyl halides is 5. The summed E-state index contributed by atoms with van der Waals surface area (Å²) in [6.07, 6.45) is 0. The molecule has 0 aliphatic rings. The van der Waals surface area contributed by atoms with Gasteiger partial charge in [-0.1, -0.05) is 62.3 Å². The van der Waals surface area contributed by atoms with Crippen LogP contribution in [0.3, 0.4) is 0 Å². The Labute approximate surface area is 103 Å². The van der Waals surface area contributed by atoms with Crippen LogP contribution in [0.2, 0.25) is 0 Å². The van der Waals surface area contributed by atoms with E-state index in [-0.39, 0.29) is 5.82 Å². The van der Waals surface area contributed by atoms with Gasteiger partial charge < -0.3 is 0 Å². The molecule has 0 spiro atoms. The van der Waals surface area contributed by atoms with Crippen molar-refractivity contribution < 1.29 is 0 Å². The van der Waals surface area contributed by atoms with Crippen LogP contribution in [0.1, 0.15) is 5.82 Å². The van der Waals surface area contributed by atoms with E-state index in [1.165, 1.54) is 0 Å². The summed E-state index contributed by atoms with van der Waals surface area (Å²) in [7, 11) is 0. The fourth-order valence-corrected chi connectivity index (χ4v) is 0.960. The second kappa shape index (κ2) is 3.76. The summed E-state index contributed by atoms with van der Waals surface area (Å²) in [5, 5.41) is 10.2. The molecule has 13 heavy (non-hydrogen) atoms. The van der Waals surface area contributed by atoms with Crippen molar-refractivity contribution in [2.24, 2.45) is 0 Å². The van der Waals surface area contributed by atoms with E-state index in [0.717, 1.165) is 0 Å². The average molecular weight is 305 g/mol. The molecule has 0 amide bonds. The molecule has 0 unspecified atom stereocenters. The number of hydrogen-bond acceptors (Lipinski definition) is 3. The van der Waals surface area contributed by atoms with Crippen molar-refractivity contribution in [3.63, 3.8) is 0 Å². The topological polar surface area (TPSA) is 43.6 Å². The van der Waals surface area contributed by atoms with Crippen molar-refractivity contribution in [3.05, 3.63) is 5.82 Å². The van der Waals surface area contributed by atoms with Gasteiger partial charge >= 0.3 is 0 Å². The second-order valence-electron chi connectivity index (χ2n) is 1.93. The zero-order valence-corrected chi connectivity index (χ0v) is 10.1. The van der Waals surface area contributed by atoms with E-state index in [9.17, 15) is 0 Å². The maximum Gasteiger partial charge on any atom is 0.230 e. The third kappa shape index (κ3) is 2.43. The van der Waals surface area contributed by atoms with E-state index in [0.29, 0.717) is 4.32 Å². The summed E-state index contributed by atoms with van der Waals surface area (Å²) >= 11 is 33.1. The van der Waals surface area contributed by atoms with Crippen LogP contribution >= 0.6 is 69.8 Å². The molecule has 0 radical (unpaired) electrons. The summed E-state index contributed by atoms with van der Waals surface area (Å²) in [4.78, 5) is 0. The van der Waals surface area contributed by atoms with Gasteiger partial charge in [-0.15, -0.1) is 10.2 Å². The van der Waals surface area contributed by atoms with Crippen molar-refractivity contribution in [1.82, 2.24) is 19.7 Å². The monoisotopic (exact) mass is 302 g/mol. The van der Waals surface area contributed by atoms with Gasteiger partial charge in [-0.2, -0.15) is 0 Å². The highest BCUT2D eigenvalue weighted by Gasteiger charge is 2.51. The molecule has 0 bridgehead atoms. The standard InChI is InChI=1S/C3Cl6N4/c4-2(5,3(6,7)8)1-10-12-13(9)11-1. The van der Waals surface area contributed by atoms with Crippen LogP contribution in [0.5, 0.6) is 0 Å². The van der Waals surface area contributed by atoms with Gasteiger partial charge in [0.2, 0.25) is 14.0 Å². The molecule has 1 aromatic rings. The molecular weight excluding hydrogens is 305 g/mol. The molecule has 0 atom stereocenters. The summed E-state index contributed by atoms with van der Waals surface area (Å²) < 4.78 is -3.24. The Morgan fingerprint density at radius 3 is 1.92 bits per heavy atom. The first-order chi connectivity index (χ1) is 5.75. The molecule has 74 valence electrons. The normalized spacial score (nSPS) is 13.4. The fourth-order valence-electron chi connectivity index (χ4n) is 0.450. The minimum atomic E-state index is -1.98. The van der Waals surface area contributed by atoms with Gasteiger partial charge in [-0.25, -0.2) is 0 Å². The number of tetrazole rings is 1. The van der Waals surface area contributed by atoms with Crippen LogP contribution in [0.15, 0.2) is 0 Å². The van der Waals surface area contributed by atoms with Crippen molar-refractivity contribution >= 4 is 69.8 Å². The molecule has 0 saturated carbocycles. The maximum atomic E-state index is 5.68. The Hall–Kier alpha value is 0.810. The zero-order valence-electron chi connectivity index (χ0n) is 5.56. The molecule has 0 aliphatic carbocycles. The summed E-state index contributed by atoms with van der Waals surface area (Å²) in [5.41, 5.74) is 0. The number of hydrogen-bond donors (Lipinski definition) is 0. The molecule has 4 nitrogen and oxygen atoms in total. The highest BCUT2D eigenvalue weighted by atomic mass is 35.6. The van der Waals surface area contributed by atoms with E-state index in [1.807, 2.05) is 0 Å². The van der Waals surface area contributed by atoms with E-state index >= 15 is 0 Å². The molecule has 0 aromatic carbocycles. The maximum absolute atomic E-state index is 5.68. The highest BCUT2D eigenvalue weighted by Crippen LogP contribution is 2.51. The minimum Gasteiger partial charge on any atom is -0.116 e. The van der Waals surface area contributed by atoms with E-state index < -0.39 is 8.13 Å². The largest absolute Gasteiger partial charge is 0.230 e. The van der Waals surface area contributed by atoms with Gasteiger partial charge in [-0.3, -0.25) is 0 Å². The van der Waals surface area contributed by atoms with Crippen LogP contribution in [0.25, 0.3) is 0 Å². The lowest BCUT2D eigenvalue weighted by Gasteiger charge is -2.23.